The van der Waals surface area contributed by atoms with Crippen LogP contribution in [0.25, 0.3) is 0 Å². The quantitative estimate of drug-likeness (QED) is 0.474. The van der Waals surface area contributed by atoms with Crippen LogP contribution in [0, 0.1) is 0 Å². The molecular weight excluding hydrogens is 232 g/mol. The average molecular weight is 252 g/mol. The monoisotopic (exact) mass is 252 g/mol. The van der Waals surface area contributed by atoms with Crippen LogP contribution in [0.5, 0.6) is 0 Å². The summed E-state index contributed by atoms with van der Waals surface area (Å²) < 4.78 is 5.27. The molecule has 5 nitrogen and oxygen atoms in total. The SMILES string of the molecule is C=CCONC1=CC=CN(C(=O)OC(C)(C)C)C1. The third kappa shape index (κ3) is 5.05. The second-order valence-corrected chi connectivity index (χ2v) is 4.84. The van der Waals surface area contributed by atoms with Crippen molar-refractivity contribution in [2.75, 3.05) is 13.2 Å². The fourth-order valence-electron chi connectivity index (χ4n) is 1.26. The first-order valence-electron chi connectivity index (χ1n) is 5.78. The van der Waals surface area contributed by atoms with Gasteiger partial charge in [0.2, 0.25) is 0 Å². The number of hydrogen-bond donors (Lipinski definition) is 1. The Balaban J connectivity index is 2.47. The van der Waals surface area contributed by atoms with E-state index >= 15 is 0 Å². The van der Waals surface area contributed by atoms with Gasteiger partial charge in [-0.05, 0) is 32.9 Å². The molecule has 18 heavy (non-hydrogen) atoms. The Kier molecular flexibility index (Phi) is 4.97. The minimum absolute atomic E-state index is 0.380. The molecule has 1 N–H and O–H groups in total. The summed E-state index contributed by atoms with van der Waals surface area (Å²) in [4.78, 5) is 18.4. The number of amides is 1. The maximum atomic E-state index is 11.8. The van der Waals surface area contributed by atoms with E-state index in [9.17, 15) is 4.79 Å². The molecular formula is C13H20N2O3. The minimum Gasteiger partial charge on any atom is -0.443 e. The van der Waals surface area contributed by atoms with Crippen LogP contribution < -0.4 is 5.48 Å². The lowest BCUT2D eigenvalue weighted by atomic mass is 10.2. The third-order valence-corrected chi connectivity index (χ3v) is 1.94. The molecule has 0 aromatic carbocycles. The largest absolute Gasteiger partial charge is 0.443 e. The van der Waals surface area contributed by atoms with Gasteiger partial charge in [-0.25, -0.2) is 4.79 Å². The van der Waals surface area contributed by atoms with Crippen molar-refractivity contribution < 1.29 is 14.4 Å². The fourth-order valence-corrected chi connectivity index (χ4v) is 1.26. The Hall–Kier alpha value is -1.75. The smallest absolute Gasteiger partial charge is 0.414 e. The number of rotatable bonds is 4. The summed E-state index contributed by atoms with van der Waals surface area (Å²) in [5, 5.41) is 0. The third-order valence-electron chi connectivity index (χ3n) is 1.94. The molecule has 0 saturated heterocycles. The Morgan fingerprint density at radius 1 is 1.61 bits per heavy atom. The number of hydroxylamine groups is 1. The number of ether oxygens (including phenoxy) is 1. The Morgan fingerprint density at radius 2 is 2.33 bits per heavy atom. The molecule has 1 amide bonds. The molecule has 1 heterocycles. The van der Waals surface area contributed by atoms with Crippen LogP contribution in [0.2, 0.25) is 0 Å². The fraction of sp³-hybridized carbons (Fsp3) is 0.462. The molecule has 100 valence electrons. The van der Waals surface area contributed by atoms with E-state index in [-0.39, 0.29) is 6.09 Å². The van der Waals surface area contributed by atoms with Crippen molar-refractivity contribution in [3.8, 4) is 0 Å². The van der Waals surface area contributed by atoms with Crippen LogP contribution in [-0.4, -0.2) is 29.7 Å². The number of hydrogen-bond acceptors (Lipinski definition) is 4. The lowest BCUT2D eigenvalue weighted by molar-refractivity contribution is 0.0316. The first-order valence-corrected chi connectivity index (χ1v) is 5.78. The van der Waals surface area contributed by atoms with E-state index in [0.29, 0.717) is 13.2 Å². The Bertz CT molecular complexity index is 367. The van der Waals surface area contributed by atoms with Gasteiger partial charge >= 0.3 is 6.09 Å². The molecule has 0 aromatic heterocycles. The summed E-state index contributed by atoms with van der Waals surface area (Å²) in [5.41, 5.74) is 3.04. The second-order valence-electron chi connectivity index (χ2n) is 4.84. The van der Waals surface area contributed by atoms with Gasteiger partial charge in [0, 0.05) is 6.20 Å². The number of allylic oxidation sites excluding steroid dienone is 2. The molecule has 1 aliphatic rings. The predicted molar refractivity (Wildman–Crippen MR) is 69.4 cm³/mol. The molecule has 0 atom stereocenters. The van der Waals surface area contributed by atoms with Gasteiger partial charge in [-0.3, -0.25) is 15.2 Å². The van der Waals surface area contributed by atoms with Gasteiger partial charge in [-0.2, -0.15) is 0 Å². The van der Waals surface area contributed by atoms with Crippen molar-refractivity contribution in [2.45, 2.75) is 26.4 Å². The molecule has 5 heteroatoms. The Morgan fingerprint density at radius 3 is 2.94 bits per heavy atom. The Labute approximate surface area is 108 Å². The zero-order valence-electron chi connectivity index (χ0n) is 11.1. The van der Waals surface area contributed by atoms with Crippen molar-refractivity contribution in [1.29, 1.82) is 0 Å². The van der Waals surface area contributed by atoms with E-state index < -0.39 is 5.60 Å². The average Bonchev–Trinajstić information content (AvgIpc) is 2.27. The van der Waals surface area contributed by atoms with Crippen LogP contribution in [-0.2, 0) is 9.57 Å². The van der Waals surface area contributed by atoms with E-state index in [2.05, 4.69) is 12.1 Å². The first kappa shape index (κ1) is 14.3. The minimum atomic E-state index is -0.501. The van der Waals surface area contributed by atoms with Gasteiger partial charge in [0.1, 0.15) is 5.60 Å². The summed E-state index contributed by atoms with van der Waals surface area (Å²) >= 11 is 0. The van der Waals surface area contributed by atoms with Crippen molar-refractivity contribution in [1.82, 2.24) is 10.4 Å². The molecule has 0 spiro atoms. The summed E-state index contributed by atoms with van der Waals surface area (Å²) in [6, 6.07) is 0. The molecule has 0 bridgehead atoms. The van der Waals surface area contributed by atoms with Gasteiger partial charge in [0.25, 0.3) is 0 Å². The molecule has 0 aromatic rings. The maximum absolute atomic E-state index is 11.8. The molecule has 0 aliphatic carbocycles. The number of nitrogens with zero attached hydrogens (tertiary/aromatic N) is 1. The molecule has 0 unspecified atom stereocenters. The van der Waals surface area contributed by atoms with Crippen LogP contribution in [0.15, 0.2) is 36.7 Å². The lowest BCUT2D eigenvalue weighted by Gasteiger charge is -2.27. The standard InChI is InChI=1S/C13H20N2O3/c1-5-9-17-14-11-7-6-8-15(10-11)12(16)18-13(2,3)4/h5-8,14H,1,9-10H2,2-4H3. The van der Waals surface area contributed by atoms with Gasteiger partial charge in [-0.1, -0.05) is 6.08 Å². The van der Waals surface area contributed by atoms with E-state index in [1.807, 2.05) is 26.8 Å². The van der Waals surface area contributed by atoms with Crippen molar-refractivity contribution >= 4 is 6.09 Å². The summed E-state index contributed by atoms with van der Waals surface area (Å²) in [6.45, 7) is 9.83. The van der Waals surface area contributed by atoms with Crippen molar-refractivity contribution in [3.63, 3.8) is 0 Å². The highest BCUT2D eigenvalue weighted by atomic mass is 16.6. The number of carbonyl (C=O) groups is 1. The lowest BCUT2D eigenvalue weighted by Crippen LogP contribution is -2.37. The molecule has 0 fully saturated rings. The van der Waals surface area contributed by atoms with Crippen molar-refractivity contribution in [3.05, 3.63) is 36.7 Å². The zero-order chi connectivity index (χ0) is 13.6. The summed E-state index contributed by atoms with van der Waals surface area (Å²) in [5.74, 6) is 0. The summed E-state index contributed by atoms with van der Waals surface area (Å²) in [6.07, 6.45) is 6.52. The van der Waals surface area contributed by atoms with Gasteiger partial charge in [0.15, 0.2) is 0 Å². The van der Waals surface area contributed by atoms with Gasteiger partial charge in [0.05, 0.1) is 18.8 Å². The molecule has 0 radical (unpaired) electrons. The van der Waals surface area contributed by atoms with E-state index in [1.54, 1.807) is 18.4 Å². The predicted octanol–water partition coefficient (Wildman–Crippen LogP) is 2.34. The summed E-state index contributed by atoms with van der Waals surface area (Å²) in [7, 11) is 0. The van der Waals surface area contributed by atoms with E-state index in [4.69, 9.17) is 9.57 Å². The molecule has 1 rings (SSSR count). The van der Waals surface area contributed by atoms with Crippen LogP contribution in [0.3, 0.4) is 0 Å². The highest BCUT2D eigenvalue weighted by molar-refractivity contribution is 5.70. The van der Waals surface area contributed by atoms with Crippen LogP contribution in [0.4, 0.5) is 4.79 Å². The van der Waals surface area contributed by atoms with E-state index in [0.717, 1.165) is 5.70 Å². The highest BCUT2D eigenvalue weighted by Crippen LogP contribution is 2.13. The van der Waals surface area contributed by atoms with Crippen LogP contribution >= 0.6 is 0 Å². The number of carbonyl (C=O) groups excluding carboxylic acids is 1. The van der Waals surface area contributed by atoms with Crippen molar-refractivity contribution in [2.24, 2.45) is 0 Å². The topological polar surface area (TPSA) is 50.8 Å². The number of nitrogens with one attached hydrogen (secondary N) is 1. The van der Waals surface area contributed by atoms with E-state index in [1.165, 1.54) is 4.90 Å². The first-order chi connectivity index (χ1) is 8.42. The van der Waals surface area contributed by atoms with Gasteiger partial charge in [-0.15, -0.1) is 6.58 Å². The molecule has 1 aliphatic heterocycles. The zero-order valence-corrected chi connectivity index (χ0v) is 11.1. The normalized spacial score (nSPS) is 15.1. The second kappa shape index (κ2) is 6.26. The van der Waals surface area contributed by atoms with Crippen LogP contribution in [0.1, 0.15) is 20.8 Å². The molecule has 0 saturated carbocycles. The highest BCUT2D eigenvalue weighted by Gasteiger charge is 2.22. The maximum Gasteiger partial charge on any atom is 0.414 e. The van der Waals surface area contributed by atoms with Gasteiger partial charge < -0.3 is 4.74 Å².